The maximum Gasteiger partial charge on any atom is 0.211 e. The first-order valence-corrected chi connectivity index (χ1v) is 6.94. The molecule has 120 valence electrons. The van der Waals surface area contributed by atoms with Crippen LogP contribution >= 0.6 is 0 Å². The molecule has 0 amide bonds. The highest BCUT2D eigenvalue weighted by Crippen LogP contribution is 2.25. The van der Waals surface area contributed by atoms with Crippen LogP contribution in [0.15, 0.2) is 54.7 Å². The van der Waals surface area contributed by atoms with Crippen molar-refractivity contribution >= 4 is 5.78 Å². The van der Waals surface area contributed by atoms with E-state index in [2.05, 4.69) is 4.98 Å². The fourth-order valence-electron chi connectivity index (χ4n) is 2.19. The molecule has 0 bridgehead atoms. The second kappa shape index (κ2) is 6.08. The largest absolute Gasteiger partial charge is 0.505 e. The van der Waals surface area contributed by atoms with Gasteiger partial charge in [-0.2, -0.15) is 0 Å². The number of carbonyl (C=O) groups excluding carboxylic acids is 1. The highest BCUT2D eigenvalue weighted by atomic mass is 19.1. The number of nitrogens with zero attached hydrogens (tertiary/aromatic N) is 1. The molecular formula is C18H11F2NO3. The lowest BCUT2D eigenvalue weighted by atomic mass is 10.0. The molecule has 0 fully saturated rings. The number of hydrogen-bond donors (Lipinski definition) is 2. The first-order valence-electron chi connectivity index (χ1n) is 6.94. The third-order valence-corrected chi connectivity index (χ3v) is 3.49. The maximum atomic E-state index is 13.4. The van der Waals surface area contributed by atoms with E-state index in [-0.39, 0.29) is 11.3 Å². The number of hydrogen-bond acceptors (Lipinski definition) is 4. The average Bonchev–Trinajstić information content (AvgIpc) is 2.59. The topological polar surface area (TPSA) is 70.4 Å². The van der Waals surface area contributed by atoms with Crippen molar-refractivity contribution in [3.8, 4) is 22.6 Å². The minimum absolute atomic E-state index is 0.101. The predicted molar refractivity (Wildman–Crippen MR) is 82.8 cm³/mol. The fourth-order valence-corrected chi connectivity index (χ4v) is 2.19. The number of aromatic nitrogens is 1. The zero-order chi connectivity index (χ0) is 17.3. The molecule has 0 aliphatic rings. The van der Waals surface area contributed by atoms with Gasteiger partial charge in [0.15, 0.2) is 23.1 Å². The van der Waals surface area contributed by atoms with Crippen LogP contribution in [0, 0.1) is 11.6 Å². The predicted octanol–water partition coefficient (Wildman–Crippen LogP) is 3.67. The summed E-state index contributed by atoms with van der Waals surface area (Å²) in [5.41, 5.74) is 1.26. The second-order valence-corrected chi connectivity index (χ2v) is 5.09. The third kappa shape index (κ3) is 2.94. The molecule has 0 unspecified atom stereocenters. The van der Waals surface area contributed by atoms with Gasteiger partial charge >= 0.3 is 0 Å². The van der Waals surface area contributed by atoms with Gasteiger partial charge in [-0.1, -0.05) is 12.1 Å². The quantitative estimate of drug-likeness (QED) is 0.720. The van der Waals surface area contributed by atoms with E-state index in [0.717, 1.165) is 18.2 Å². The molecule has 0 aliphatic carbocycles. The summed E-state index contributed by atoms with van der Waals surface area (Å²) in [5, 5.41) is 18.5. The van der Waals surface area contributed by atoms with E-state index in [4.69, 9.17) is 0 Å². The SMILES string of the molecule is O=C(c1ccc(F)c(O)c1)c1ccc(-c2ccc(O)c(F)c2)cn1. The van der Waals surface area contributed by atoms with Crippen LogP contribution in [0.4, 0.5) is 8.78 Å². The highest BCUT2D eigenvalue weighted by molar-refractivity contribution is 6.08. The van der Waals surface area contributed by atoms with E-state index >= 15 is 0 Å². The van der Waals surface area contributed by atoms with Crippen LogP contribution in [-0.2, 0) is 0 Å². The highest BCUT2D eigenvalue weighted by Gasteiger charge is 2.13. The summed E-state index contributed by atoms with van der Waals surface area (Å²) in [5.74, 6) is -3.11. The molecule has 2 aromatic carbocycles. The Labute approximate surface area is 135 Å². The lowest BCUT2D eigenvalue weighted by Gasteiger charge is -2.05. The van der Waals surface area contributed by atoms with Crippen LogP contribution in [0.3, 0.4) is 0 Å². The summed E-state index contributed by atoms with van der Waals surface area (Å²) in [6, 6.07) is 10.2. The molecule has 6 heteroatoms. The molecule has 2 N–H and O–H groups in total. The molecule has 0 radical (unpaired) electrons. The van der Waals surface area contributed by atoms with Gasteiger partial charge < -0.3 is 10.2 Å². The summed E-state index contributed by atoms with van der Waals surface area (Å²) in [4.78, 5) is 16.3. The minimum atomic E-state index is -0.816. The Kier molecular flexibility index (Phi) is 3.95. The number of carbonyl (C=O) groups is 1. The zero-order valence-electron chi connectivity index (χ0n) is 12.2. The zero-order valence-corrected chi connectivity index (χ0v) is 12.2. The van der Waals surface area contributed by atoms with Crippen molar-refractivity contribution in [2.24, 2.45) is 0 Å². The fraction of sp³-hybridized carbons (Fsp3) is 0. The van der Waals surface area contributed by atoms with Crippen molar-refractivity contribution in [1.82, 2.24) is 4.98 Å². The van der Waals surface area contributed by atoms with Crippen LogP contribution in [-0.4, -0.2) is 21.0 Å². The molecule has 24 heavy (non-hydrogen) atoms. The average molecular weight is 327 g/mol. The molecule has 3 aromatic rings. The van der Waals surface area contributed by atoms with Gasteiger partial charge in [0.25, 0.3) is 0 Å². The Morgan fingerprint density at radius 2 is 1.58 bits per heavy atom. The first-order chi connectivity index (χ1) is 11.5. The molecule has 0 atom stereocenters. The lowest BCUT2D eigenvalue weighted by Crippen LogP contribution is -2.04. The number of ketones is 1. The van der Waals surface area contributed by atoms with Crippen LogP contribution < -0.4 is 0 Å². The van der Waals surface area contributed by atoms with Gasteiger partial charge in [-0.05, 0) is 42.0 Å². The van der Waals surface area contributed by atoms with E-state index < -0.39 is 28.9 Å². The molecule has 1 aromatic heterocycles. The van der Waals surface area contributed by atoms with Crippen molar-refractivity contribution in [3.63, 3.8) is 0 Å². The molecule has 0 spiro atoms. The van der Waals surface area contributed by atoms with Gasteiger partial charge in [0, 0.05) is 17.3 Å². The Morgan fingerprint density at radius 3 is 2.21 bits per heavy atom. The van der Waals surface area contributed by atoms with E-state index in [1.54, 1.807) is 6.07 Å². The number of phenols is 2. The van der Waals surface area contributed by atoms with Crippen molar-refractivity contribution < 1.29 is 23.8 Å². The molecule has 3 rings (SSSR count). The Bertz CT molecular complexity index is 924. The lowest BCUT2D eigenvalue weighted by molar-refractivity contribution is 0.103. The van der Waals surface area contributed by atoms with Crippen molar-refractivity contribution in [2.75, 3.05) is 0 Å². The first kappa shape index (κ1) is 15.6. The van der Waals surface area contributed by atoms with Gasteiger partial charge in [0.1, 0.15) is 5.69 Å². The molecule has 1 heterocycles. The summed E-state index contributed by atoms with van der Waals surface area (Å²) in [7, 11) is 0. The van der Waals surface area contributed by atoms with Crippen molar-refractivity contribution in [1.29, 1.82) is 0 Å². The molecule has 4 nitrogen and oxygen atoms in total. The molecule has 0 saturated carbocycles. The Hall–Kier alpha value is -3.28. The summed E-state index contributed by atoms with van der Waals surface area (Å²) in [6.07, 6.45) is 1.39. The number of aromatic hydroxyl groups is 2. The summed E-state index contributed by atoms with van der Waals surface area (Å²) in [6.45, 7) is 0. The standard InChI is InChI=1S/C18H11F2NO3/c19-13-4-1-11(8-17(13)23)18(24)15-5-2-12(9-21-15)10-3-6-16(22)14(20)7-10/h1-9,22-23H. The van der Waals surface area contributed by atoms with E-state index in [9.17, 15) is 23.8 Å². The van der Waals surface area contributed by atoms with E-state index in [0.29, 0.717) is 11.1 Å². The van der Waals surface area contributed by atoms with Crippen LogP contribution in [0.1, 0.15) is 16.1 Å². The minimum Gasteiger partial charge on any atom is -0.505 e. The second-order valence-electron chi connectivity index (χ2n) is 5.09. The smallest absolute Gasteiger partial charge is 0.211 e. The third-order valence-electron chi connectivity index (χ3n) is 3.49. The summed E-state index contributed by atoms with van der Waals surface area (Å²) < 4.78 is 26.4. The van der Waals surface area contributed by atoms with Crippen molar-refractivity contribution in [2.45, 2.75) is 0 Å². The number of halogens is 2. The van der Waals surface area contributed by atoms with Gasteiger partial charge in [-0.15, -0.1) is 0 Å². The summed E-state index contributed by atoms with van der Waals surface area (Å²) >= 11 is 0. The van der Waals surface area contributed by atoms with Gasteiger partial charge in [-0.3, -0.25) is 9.78 Å². The molecular weight excluding hydrogens is 316 g/mol. The van der Waals surface area contributed by atoms with Crippen LogP contribution in [0.2, 0.25) is 0 Å². The maximum absolute atomic E-state index is 13.4. The van der Waals surface area contributed by atoms with Gasteiger partial charge in [-0.25, -0.2) is 8.78 Å². The number of rotatable bonds is 3. The number of pyridine rings is 1. The number of phenolic OH excluding ortho intramolecular Hbond substituents is 2. The Balaban J connectivity index is 1.89. The van der Waals surface area contributed by atoms with Crippen LogP contribution in [0.25, 0.3) is 11.1 Å². The normalized spacial score (nSPS) is 10.6. The number of benzene rings is 2. The van der Waals surface area contributed by atoms with Gasteiger partial charge in [0.2, 0.25) is 5.78 Å². The van der Waals surface area contributed by atoms with Crippen LogP contribution in [0.5, 0.6) is 11.5 Å². The van der Waals surface area contributed by atoms with Crippen molar-refractivity contribution in [3.05, 3.63) is 77.6 Å². The molecule has 0 aliphatic heterocycles. The molecule has 0 saturated heterocycles. The monoisotopic (exact) mass is 327 g/mol. The Morgan fingerprint density at radius 1 is 0.833 bits per heavy atom. The van der Waals surface area contributed by atoms with E-state index in [1.165, 1.54) is 30.5 Å². The van der Waals surface area contributed by atoms with E-state index in [1.807, 2.05) is 0 Å². The van der Waals surface area contributed by atoms with Gasteiger partial charge in [0.05, 0.1) is 0 Å².